The monoisotopic (exact) mass is 340 g/mol. The van der Waals surface area contributed by atoms with Gasteiger partial charge in [-0.3, -0.25) is 4.79 Å². The zero-order valence-corrected chi connectivity index (χ0v) is 14.3. The van der Waals surface area contributed by atoms with Crippen molar-refractivity contribution in [3.8, 4) is 0 Å². The zero-order valence-electron chi connectivity index (χ0n) is 13.5. The Kier molecular flexibility index (Phi) is 4.30. The molecule has 124 valence electrons. The van der Waals surface area contributed by atoms with Crippen LogP contribution < -0.4 is 0 Å². The molecule has 1 unspecified atom stereocenters. The Balaban J connectivity index is 1.37. The number of thiazole rings is 1. The van der Waals surface area contributed by atoms with Gasteiger partial charge < -0.3 is 9.47 Å². The van der Waals surface area contributed by atoms with Crippen molar-refractivity contribution in [1.29, 1.82) is 0 Å². The van der Waals surface area contributed by atoms with Gasteiger partial charge in [0.05, 0.1) is 27.6 Å². The van der Waals surface area contributed by atoms with Gasteiger partial charge in [-0.2, -0.15) is 0 Å². The summed E-state index contributed by atoms with van der Waals surface area (Å²) in [4.78, 5) is 23.3. The lowest BCUT2D eigenvalue weighted by molar-refractivity contribution is -0.132. The van der Waals surface area contributed by atoms with E-state index < -0.39 is 0 Å². The number of hydrogen-bond donors (Lipinski definition) is 0. The van der Waals surface area contributed by atoms with E-state index >= 15 is 0 Å². The Morgan fingerprint density at radius 3 is 3.08 bits per heavy atom. The van der Waals surface area contributed by atoms with E-state index in [9.17, 15) is 4.79 Å². The van der Waals surface area contributed by atoms with Crippen molar-refractivity contribution in [2.75, 3.05) is 13.1 Å². The van der Waals surface area contributed by atoms with Crippen LogP contribution in [0.1, 0.15) is 30.3 Å². The quantitative estimate of drug-likeness (QED) is 0.732. The number of benzene rings is 1. The number of carbonyl (C=O) groups excluding carboxylic acids is 1. The number of carbonyl (C=O) groups is 1. The molecule has 1 aliphatic heterocycles. The number of piperidine rings is 1. The number of para-hydroxylation sites is 1. The summed E-state index contributed by atoms with van der Waals surface area (Å²) in [7, 11) is 0. The predicted molar refractivity (Wildman–Crippen MR) is 95.0 cm³/mol. The van der Waals surface area contributed by atoms with Gasteiger partial charge in [0.15, 0.2) is 0 Å². The Morgan fingerprint density at radius 2 is 2.25 bits per heavy atom. The molecule has 1 saturated heterocycles. The Labute approximate surface area is 145 Å². The summed E-state index contributed by atoms with van der Waals surface area (Å²) in [5.41, 5.74) is 1.03. The van der Waals surface area contributed by atoms with Gasteiger partial charge >= 0.3 is 0 Å². The summed E-state index contributed by atoms with van der Waals surface area (Å²) in [6, 6.07) is 8.49. The highest BCUT2D eigenvalue weighted by Crippen LogP contribution is 2.24. The molecule has 3 aromatic rings. The van der Waals surface area contributed by atoms with Crippen LogP contribution in [-0.2, 0) is 11.2 Å². The van der Waals surface area contributed by atoms with Crippen LogP contribution in [0.3, 0.4) is 0 Å². The van der Waals surface area contributed by atoms with Gasteiger partial charge in [0, 0.05) is 38.3 Å². The van der Waals surface area contributed by atoms with Crippen LogP contribution in [0.5, 0.6) is 0 Å². The fourth-order valence-electron chi connectivity index (χ4n) is 3.31. The lowest BCUT2D eigenvalue weighted by Gasteiger charge is -2.33. The number of fused-ring (bicyclic) bond motifs is 1. The smallest absolute Gasteiger partial charge is 0.223 e. The second kappa shape index (κ2) is 6.73. The number of aromatic nitrogens is 3. The number of aryl methyl sites for hydroxylation is 1. The molecule has 0 N–H and O–H groups in total. The van der Waals surface area contributed by atoms with E-state index in [0.29, 0.717) is 12.5 Å². The summed E-state index contributed by atoms with van der Waals surface area (Å²) < 4.78 is 3.31. The van der Waals surface area contributed by atoms with E-state index in [4.69, 9.17) is 0 Å². The van der Waals surface area contributed by atoms with Crippen molar-refractivity contribution in [1.82, 2.24) is 19.4 Å². The highest BCUT2D eigenvalue weighted by molar-refractivity contribution is 7.18. The van der Waals surface area contributed by atoms with E-state index in [0.717, 1.165) is 42.9 Å². The lowest BCUT2D eigenvalue weighted by atomic mass is 10.0. The van der Waals surface area contributed by atoms with Crippen LogP contribution in [-0.4, -0.2) is 38.4 Å². The standard InChI is InChI=1S/C18H20N4OS/c23-18(8-7-17-20-15-5-1-2-6-16(15)24-17)21-10-3-4-14(12-21)22-11-9-19-13-22/h1-2,5-6,9,11,13-14H,3-4,7-8,10,12H2. The van der Waals surface area contributed by atoms with Crippen molar-refractivity contribution in [3.63, 3.8) is 0 Å². The van der Waals surface area contributed by atoms with Crippen LogP contribution in [0, 0.1) is 0 Å². The first-order valence-corrected chi connectivity index (χ1v) is 9.21. The van der Waals surface area contributed by atoms with E-state index in [1.165, 1.54) is 4.70 Å². The fourth-order valence-corrected chi connectivity index (χ4v) is 4.28. The van der Waals surface area contributed by atoms with Crippen LogP contribution in [0.2, 0.25) is 0 Å². The molecule has 3 heterocycles. The van der Waals surface area contributed by atoms with E-state index in [1.807, 2.05) is 35.6 Å². The minimum Gasteiger partial charge on any atom is -0.341 e. The highest BCUT2D eigenvalue weighted by Gasteiger charge is 2.24. The first-order valence-electron chi connectivity index (χ1n) is 8.39. The SMILES string of the molecule is O=C(CCc1nc2ccccc2s1)N1CCCC(n2ccnc2)C1. The van der Waals surface area contributed by atoms with Crippen molar-refractivity contribution < 1.29 is 4.79 Å². The van der Waals surface area contributed by atoms with Crippen LogP contribution in [0.15, 0.2) is 43.0 Å². The molecular formula is C18H20N4OS. The van der Waals surface area contributed by atoms with Crippen molar-refractivity contribution in [2.24, 2.45) is 0 Å². The van der Waals surface area contributed by atoms with Gasteiger partial charge in [0.1, 0.15) is 0 Å². The molecule has 0 saturated carbocycles. The third-order valence-corrected chi connectivity index (χ3v) is 5.68. The average molecular weight is 340 g/mol. The van der Waals surface area contributed by atoms with Crippen LogP contribution in [0.25, 0.3) is 10.2 Å². The van der Waals surface area contributed by atoms with Crippen LogP contribution >= 0.6 is 11.3 Å². The molecule has 1 amide bonds. The molecule has 24 heavy (non-hydrogen) atoms. The van der Waals surface area contributed by atoms with Gasteiger partial charge in [-0.25, -0.2) is 9.97 Å². The molecular weight excluding hydrogens is 320 g/mol. The second-order valence-corrected chi connectivity index (χ2v) is 7.34. The molecule has 0 spiro atoms. The highest BCUT2D eigenvalue weighted by atomic mass is 32.1. The Bertz CT molecular complexity index is 794. The van der Waals surface area contributed by atoms with Gasteiger partial charge in [-0.05, 0) is 25.0 Å². The molecule has 1 aliphatic rings. The Hall–Kier alpha value is -2.21. The molecule has 1 aromatic carbocycles. The number of amides is 1. The van der Waals surface area contributed by atoms with E-state index in [2.05, 4.69) is 20.6 Å². The van der Waals surface area contributed by atoms with Crippen LogP contribution in [0.4, 0.5) is 0 Å². The molecule has 0 bridgehead atoms. The van der Waals surface area contributed by atoms with Gasteiger partial charge in [-0.1, -0.05) is 12.1 Å². The maximum absolute atomic E-state index is 12.6. The minimum atomic E-state index is 0.235. The molecule has 0 aliphatic carbocycles. The van der Waals surface area contributed by atoms with Crippen molar-refractivity contribution in [2.45, 2.75) is 31.7 Å². The van der Waals surface area contributed by atoms with Gasteiger partial charge in [0.25, 0.3) is 0 Å². The largest absolute Gasteiger partial charge is 0.341 e. The number of nitrogens with zero attached hydrogens (tertiary/aromatic N) is 4. The predicted octanol–water partition coefficient (Wildman–Crippen LogP) is 3.29. The molecule has 1 atom stereocenters. The molecule has 2 aromatic heterocycles. The third kappa shape index (κ3) is 3.19. The summed E-state index contributed by atoms with van der Waals surface area (Å²) >= 11 is 1.69. The minimum absolute atomic E-state index is 0.235. The summed E-state index contributed by atoms with van der Waals surface area (Å²) in [6.07, 6.45) is 9.06. The van der Waals surface area contributed by atoms with E-state index in [1.54, 1.807) is 17.5 Å². The topological polar surface area (TPSA) is 51.0 Å². The first kappa shape index (κ1) is 15.3. The number of hydrogen-bond acceptors (Lipinski definition) is 4. The van der Waals surface area contributed by atoms with Crippen molar-refractivity contribution in [3.05, 3.63) is 48.0 Å². The maximum atomic E-state index is 12.6. The first-order chi connectivity index (χ1) is 11.8. The average Bonchev–Trinajstić information content (AvgIpc) is 3.29. The molecule has 0 radical (unpaired) electrons. The molecule has 1 fully saturated rings. The van der Waals surface area contributed by atoms with E-state index in [-0.39, 0.29) is 5.91 Å². The maximum Gasteiger partial charge on any atom is 0.223 e. The van der Waals surface area contributed by atoms with Gasteiger partial charge in [0.2, 0.25) is 5.91 Å². The number of rotatable bonds is 4. The third-order valence-electron chi connectivity index (χ3n) is 4.59. The summed E-state index contributed by atoms with van der Waals surface area (Å²) in [5.74, 6) is 0.235. The zero-order chi connectivity index (χ0) is 16.4. The lowest BCUT2D eigenvalue weighted by Crippen LogP contribution is -2.40. The van der Waals surface area contributed by atoms with Gasteiger partial charge in [-0.15, -0.1) is 11.3 Å². The fraction of sp³-hybridized carbons (Fsp3) is 0.389. The normalized spacial score (nSPS) is 18.2. The molecule has 6 heteroatoms. The molecule has 4 rings (SSSR count). The summed E-state index contributed by atoms with van der Waals surface area (Å²) in [5, 5.41) is 1.05. The number of likely N-dealkylation sites (tertiary alicyclic amines) is 1. The second-order valence-electron chi connectivity index (χ2n) is 6.22. The number of imidazole rings is 1. The Morgan fingerprint density at radius 1 is 1.33 bits per heavy atom. The summed E-state index contributed by atoms with van der Waals surface area (Å²) in [6.45, 7) is 1.65. The molecule has 5 nitrogen and oxygen atoms in total. The van der Waals surface area contributed by atoms with Crippen molar-refractivity contribution >= 4 is 27.5 Å².